The molecule has 2 N–H and O–H groups in total. The Labute approximate surface area is 222 Å². The van der Waals surface area contributed by atoms with Crippen LogP contribution in [0.25, 0.3) is 0 Å². The third-order valence-electron chi connectivity index (χ3n) is 7.01. The van der Waals surface area contributed by atoms with Gasteiger partial charge in [-0.05, 0) is 43.1 Å². The van der Waals surface area contributed by atoms with Crippen LogP contribution in [0.15, 0.2) is 55.6 Å². The lowest BCUT2D eigenvalue weighted by Crippen LogP contribution is -2.50. The van der Waals surface area contributed by atoms with E-state index in [9.17, 15) is 19.5 Å². The summed E-state index contributed by atoms with van der Waals surface area (Å²) >= 11 is 0. The molecule has 7 nitrogen and oxygen atoms in total. The van der Waals surface area contributed by atoms with E-state index in [4.69, 9.17) is 4.74 Å². The van der Waals surface area contributed by atoms with Crippen molar-refractivity contribution in [2.24, 2.45) is 17.3 Å². The van der Waals surface area contributed by atoms with Gasteiger partial charge in [-0.1, -0.05) is 63.3 Å². The van der Waals surface area contributed by atoms with Gasteiger partial charge in [0.15, 0.2) is 0 Å². The van der Waals surface area contributed by atoms with Crippen molar-refractivity contribution in [2.45, 2.75) is 71.4 Å². The van der Waals surface area contributed by atoms with Crippen molar-refractivity contribution in [1.82, 2.24) is 10.2 Å². The predicted octanol–water partition coefficient (Wildman–Crippen LogP) is 4.06. The van der Waals surface area contributed by atoms with Crippen molar-refractivity contribution >= 4 is 17.8 Å². The predicted molar refractivity (Wildman–Crippen MR) is 146 cm³/mol. The maximum absolute atomic E-state index is 13.3. The Morgan fingerprint density at radius 3 is 2.38 bits per heavy atom. The fourth-order valence-corrected chi connectivity index (χ4v) is 4.61. The fourth-order valence-electron chi connectivity index (χ4n) is 4.61. The molecule has 204 valence electrons. The quantitative estimate of drug-likeness (QED) is 0.290. The number of aliphatic hydroxyl groups is 1. The number of likely N-dealkylation sites (tertiary alicyclic amines) is 1. The van der Waals surface area contributed by atoms with Gasteiger partial charge < -0.3 is 20.1 Å². The fraction of sp³-hybridized carbons (Fsp3) is 0.567. The molecule has 4 atom stereocenters. The summed E-state index contributed by atoms with van der Waals surface area (Å²) in [5, 5.41) is 12.6. The van der Waals surface area contributed by atoms with Crippen molar-refractivity contribution < 1.29 is 24.2 Å². The molecule has 1 fully saturated rings. The molecule has 0 saturated carbocycles. The minimum Gasteiger partial charge on any atom is -0.463 e. The number of hydrogen-bond donors (Lipinski definition) is 2. The number of benzene rings is 1. The van der Waals surface area contributed by atoms with E-state index in [1.807, 2.05) is 51.1 Å². The van der Waals surface area contributed by atoms with Crippen LogP contribution in [0.2, 0.25) is 0 Å². The molecule has 0 unspecified atom stereocenters. The minimum absolute atomic E-state index is 0.0317. The first-order chi connectivity index (χ1) is 17.6. The van der Waals surface area contributed by atoms with Crippen LogP contribution in [0.4, 0.5) is 0 Å². The summed E-state index contributed by atoms with van der Waals surface area (Å²) in [4.78, 5) is 40.8. The highest BCUT2D eigenvalue weighted by molar-refractivity contribution is 5.86. The zero-order valence-electron chi connectivity index (χ0n) is 22.7. The lowest BCUT2D eigenvalue weighted by atomic mass is 9.86. The van der Waals surface area contributed by atoms with Gasteiger partial charge in [0.2, 0.25) is 11.8 Å². The van der Waals surface area contributed by atoms with Gasteiger partial charge in [-0.15, -0.1) is 13.2 Å². The first kappa shape index (κ1) is 30.3. The van der Waals surface area contributed by atoms with Crippen molar-refractivity contribution in [3.05, 3.63) is 61.2 Å². The number of nitrogens with one attached hydrogen (secondary N) is 1. The van der Waals surface area contributed by atoms with Gasteiger partial charge in [0, 0.05) is 13.0 Å². The summed E-state index contributed by atoms with van der Waals surface area (Å²) in [7, 11) is 0. The maximum atomic E-state index is 13.3. The highest BCUT2D eigenvalue weighted by Crippen LogP contribution is 2.24. The molecular formula is C30H44N2O5. The van der Waals surface area contributed by atoms with E-state index >= 15 is 0 Å². The lowest BCUT2D eigenvalue weighted by Gasteiger charge is -2.33. The van der Waals surface area contributed by atoms with Gasteiger partial charge in [-0.3, -0.25) is 14.4 Å². The van der Waals surface area contributed by atoms with Crippen LogP contribution in [-0.4, -0.2) is 59.6 Å². The topological polar surface area (TPSA) is 95.9 Å². The van der Waals surface area contributed by atoms with E-state index in [1.54, 1.807) is 17.1 Å². The van der Waals surface area contributed by atoms with Gasteiger partial charge in [0.05, 0.1) is 30.5 Å². The molecule has 0 aromatic heterocycles. The molecule has 1 aliphatic rings. The molecule has 1 heterocycles. The summed E-state index contributed by atoms with van der Waals surface area (Å²) in [6.45, 7) is 14.0. The molecule has 1 aromatic rings. The molecule has 0 bridgehead atoms. The lowest BCUT2D eigenvalue weighted by molar-refractivity contribution is -0.151. The normalized spacial score (nSPS) is 17.9. The van der Waals surface area contributed by atoms with Crippen molar-refractivity contribution in [3.8, 4) is 0 Å². The highest BCUT2D eigenvalue weighted by Gasteiger charge is 2.34. The summed E-state index contributed by atoms with van der Waals surface area (Å²) in [5.74, 6) is -1.67. The third kappa shape index (κ3) is 9.47. The highest BCUT2D eigenvalue weighted by atomic mass is 16.5. The SMILES string of the molecule is C=CC[C@@H](CC(=O)N1CCC[C@H]1CO)C(=O)N[C@H](COC(=O)[C@@H](CC=C)Cc1ccccc1)C(C)(C)C. The van der Waals surface area contributed by atoms with Crippen LogP contribution in [0.1, 0.15) is 58.4 Å². The van der Waals surface area contributed by atoms with Crippen LogP contribution in [-0.2, 0) is 25.5 Å². The smallest absolute Gasteiger partial charge is 0.309 e. The number of carbonyl (C=O) groups is 3. The van der Waals surface area contributed by atoms with E-state index in [2.05, 4.69) is 18.5 Å². The molecule has 1 aromatic carbocycles. The largest absolute Gasteiger partial charge is 0.463 e. The van der Waals surface area contributed by atoms with E-state index < -0.39 is 12.0 Å². The van der Waals surface area contributed by atoms with Crippen LogP contribution in [0, 0.1) is 17.3 Å². The average Bonchev–Trinajstić information content (AvgIpc) is 3.35. The van der Waals surface area contributed by atoms with Crippen molar-refractivity contribution in [1.29, 1.82) is 0 Å². The van der Waals surface area contributed by atoms with Crippen molar-refractivity contribution in [3.63, 3.8) is 0 Å². The zero-order chi connectivity index (χ0) is 27.4. The number of ether oxygens (including phenoxy) is 1. The minimum atomic E-state index is -0.586. The number of aliphatic hydroxyl groups excluding tert-OH is 1. The molecular weight excluding hydrogens is 468 g/mol. The summed E-state index contributed by atoms with van der Waals surface area (Å²) in [6.07, 6.45) is 6.42. The number of amides is 2. The molecule has 1 saturated heterocycles. The van der Waals surface area contributed by atoms with Gasteiger partial charge in [0.1, 0.15) is 6.61 Å². The van der Waals surface area contributed by atoms with Gasteiger partial charge in [-0.2, -0.15) is 0 Å². The Kier molecular flexibility index (Phi) is 12.1. The van der Waals surface area contributed by atoms with Gasteiger partial charge in [-0.25, -0.2) is 0 Å². The number of allylic oxidation sites excluding steroid dienone is 2. The molecule has 0 spiro atoms. The second-order valence-electron chi connectivity index (χ2n) is 11.0. The van der Waals surface area contributed by atoms with Crippen LogP contribution < -0.4 is 5.32 Å². The summed E-state index contributed by atoms with van der Waals surface area (Å²) in [5.41, 5.74) is 0.661. The molecule has 37 heavy (non-hydrogen) atoms. The Balaban J connectivity index is 2.04. The Morgan fingerprint density at radius 2 is 1.78 bits per heavy atom. The van der Waals surface area contributed by atoms with Crippen LogP contribution in [0.5, 0.6) is 0 Å². The first-order valence-electron chi connectivity index (χ1n) is 13.2. The molecule has 7 heteroatoms. The average molecular weight is 513 g/mol. The molecule has 0 aliphatic carbocycles. The Hall–Kier alpha value is -2.93. The molecule has 1 aliphatic heterocycles. The van der Waals surface area contributed by atoms with Gasteiger partial charge >= 0.3 is 5.97 Å². The van der Waals surface area contributed by atoms with Crippen molar-refractivity contribution in [2.75, 3.05) is 19.8 Å². The van der Waals surface area contributed by atoms with E-state index in [0.717, 1.165) is 18.4 Å². The second-order valence-corrected chi connectivity index (χ2v) is 11.0. The summed E-state index contributed by atoms with van der Waals surface area (Å²) < 4.78 is 5.72. The number of esters is 1. The first-order valence-corrected chi connectivity index (χ1v) is 13.2. The Morgan fingerprint density at radius 1 is 1.14 bits per heavy atom. The van der Waals surface area contributed by atoms with E-state index in [-0.39, 0.29) is 54.8 Å². The van der Waals surface area contributed by atoms with Crippen LogP contribution >= 0.6 is 0 Å². The summed E-state index contributed by atoms with van der Waals surface area (Å²) in [6, 6.07) is 9.15. The zero-order valence-corrected chi connectivity index (χ0v) is 22.7. The van der Waals surface area contributed by atoms with Crippen LogP contribution in [0.3, 0.4) is 0 Å². The number of rotatable bonds is 14. The van der Waals surface area contributed by atoms with E-state index in [1.165, 1.54) is 0 Å². The molecule has 0 radical (unpaired) electrons. The third-order valence-corrected chi connectivity index (χ3v) is 7.01. The number of hydrogen-bond acceptors (Lipinski definition) is 5. The maximum Gasteiger partial charge on any atom is 0.309 e. The van der Waals surface area contributed by atoms with Gasteiger partial charge in [0.25, 0.3) is 0 Å². The number of nitrogens with zero attached hydrogens (tertiary/aromatic N) is 1. The molecule has 2 rings (SSSR count). The molecule has 2 amide bonds. The standard InChI is InChI=1S/C30H44N2O5/c1-6-12-23(19-27(34)32-17-11-16-25(32)20-33)28(35)31-26(30(3,4)5)21-37-29(36)24(13-7-2)18-22-14-9-8-10-15-22/h6-10,14-15,23-26,33H,1-2,11-13,16-21H2,3-5H3,(H,31,35)/t23-,24-,25-,26+/m0/s1. The Bertz CT molecular complexity index is 908. The number of carbonyl (C=O) groups excluding carboxylic acids is 3. The monoisotopic (exact) mass is 512 g/mol. The van der Waals surface area contributed by atoms with E-state index in [0.29, 0.717) is 25.8 Å². The second kappa shape index (κ2) is 14.7.